The number of hydrogen-bond acceptors (Lipinski definition) is 0. The van der Waals surface area contributed by atoms with Crippen LogP contribution in [0.3, 0.4) is 0 Å². The highest BCUT2D eigenvalue weighted by atomic mass is 28.3. The van der Waals surface area contributed by atoms with Crippen molar-refractivity contribution >= 4 is 23.6 Å². The molecule has 0 atom stereocenters. The molecule has 272 valence electrons. The summed E-state index contributed by atoms with van der Waals surface area (Å²) in [5.41, 5.74) is 11.6. The molecule has 0 amide bonds. The van der Waals surface area contributed by atoms with Crippen molar-refractivity contribution in [2.75, 3.05) is 0 Å². The summed E-state index contributed by atoms with van der Waals surface area (Å²) in [5, 5.41) is 6.25. The zero-order valence-corrected chi connectivity index (χ0v) is 37.0. The monoisotopic (exact) mass is 689 g/mol. The third-order valence-electron chi connectivity index (χ3n) is 11.1. The van der Waals surface area contributed by atoms with Gasteiger partial charge < -0.3 is 0 Å². The van der Waals surface area contributed by atoms with Crippen molar-refractivity contribution in [3.8, 4) is 0 Å². The fourth-order valence-corrected chi connectivity index (χ4v) is 13.0. The van der Waals surface area contributed by atoms with Crippen LogP contribution in [0.2, 0.25) is 0 Å². The summed E-state index contributed by atoms with van der Waals surface area (Å²) < 4.78 is 0. The van der Waals surface area contributed by atoms with Gasteiger partial charge in [-0.15, -0.1) is 0 Å². The van der Waals surface area contributed by atoms with E-state index >= 15 is 0 Å². The Kier molecular flexibility index (Phi) is 10.3. The molecule has 0 saturated carbocycles. The van der Waals surface area contributed by atoms with Crippen LogP contribution in [-0.4, -0.2) is 8.07 Å². The number of allylic oxidation sites excluding steroid dienone is 4. The van der Waals surface area contributed by atoms with Crippen LogP contribution in [0.15, 0.2) is 77.0 Å². The van der Waals surface area contributed by atoms with E-state index in [1.807, 2.05) is 0 Å². The van der Waals surface area contributed by atoms with Crippen LogP contribution in [0.4, 0.5) is 0 Å². The van der Waals surface area contributed by atoms with Crippen molar-refractivity contribution in [3.05, 3.63) is 110 Å². The molecule has 0 heterocycles. The zero-order valence-electron chi connectivity index (χ0n) is 36.0. The highest BCUT2D eigenvalue weighted by molar-refractivity contribution is 7.16. The van der Waals surface area contributed by atoms with Gasteiger partial charge in [0.25, 0.3) is 0 Å². The van der Waals surface area contributed by atoms with E-state index in [1.165, 1.54) is 60.1 Å². The Hall–Kier alpha value is -2.64. The molecule has 0 bridgehead atoms. The average molecular weight is 689 g/mol. The second kappa shape index (κ2) is 12.8. The first-order valence-electron chi connectivity index (χ1n) is 19.2. The van der Waals surface area contributed by atoms with Gasteiger partial charge in [0.15, 0.2) is 8.07 Å². The molecule has 3 aromatic carbocycles. The predicted molar refractivity (Wildman–Crippen MR) is 227 cm³/mol. The third-order valence-corrected chi connectivity index (χ3v) is 16.1. The second-order valence-corrected chi connectivity index (χ2v) is 25.8. The lowest BCUT2D eigenvalue weighted by Gasteiger charge is -2.41. The first-order valence-corrected chi connectivity index (χ1v) is 21.2. The molecule has 0 spiro atoms. The predicted octanol–water partition coefficient (Wildman–Crippen LogP) is 12.1. The standard InChI is InChI=1S/C49H72Si/c1-32-21-33(2)43(22-32)50(40-26-34(44(3,4)5)23-35(27-40)45(6,7)8,41-28-36(46(9,10)11)24-37(29-41)47(12,13)14)42-30-38(48(15,16)17)25-39(31-42)49(18,19)20/h21,23-31H,22H2,1-20H3. The molecule has 50 heavy (non-hydrogen) atoms. The number of hydrogen-bond donors (Lipinski definition) is 0. The first-order chi connectivity index (χ1) is 22.4. The van der Waals surface area contributed by atoms with Crippen molar-refractivity contribution in [2.45, 2.75) is 177 Å². The summed E-state index contributed by atoms with van der Waals surface area (Å²) in [6.45, 7) is 47.8. The van der Waals surface area contributed by atoms with Crippen molar-refractivity contribution in [2.24, 2.45) is 0 Å². The minimum absolute atomic E-state index is 0.0110. The van der Waals surface area contributed by atoms with Crippen LogP contribution >= 0.6 is 0 Å². The van der Waals surface area contributed by atoms with Crippen molar-refractivity contribution in [1.29, 1.82) is 0 Å². The lowest BCUT2D eigenvalue weighted by molar-refractivity contribution is 0.569. The van der Waals surface area contributed by atoms with E-state index in [9.17, 15) is 0 Å². The van der Waals surface area contributed by atoms with Gasteiger partial charge in [-0.05, 0) is 102 Å². The van der Waals surface area contributed by atoms with Gasteiger partial charge in [0.1, 0.15) is 0 Å². The summed E-state index contributed by atoms with van der Waals surface area (Å²) >= 11 is 0. The van der Waals surface area contributed by atoms with Gasteiger partial charge in [-0.2, -0.15) is 0 Å². The molecule has 0 nitrogen and oxygen atoms in total. The molecule has 1 aliphatic carbocycles. The Morgan fingerprint density at radius 1 is 0.360 bits per heavy atom. The van der Waals surface area contributed by atoms with Gasteiger partial charge in [-0.3, -0.25) is 0 Å². The SMILES string of the molecule is CC1=CC(C)=C([Si](c2cc(C(C)(C)C)cc(C(C)(C)C)c2)(c2cc(C(C)(C)C)cc(C(C)(C)C)c2)c2cc(C(C)(C)C)cc(C(C)(C)C)c2)C1. The smallest absolute Gasteiger partial charge is 0.0694 e. The maximum absolute atomic E-state index is 2.93. The van der Waals surface area contributed by atoms with E-state index in [1.54, 1.807) is 5.20 Å². The van der Waals surface area contributed by atoms with Gasteiger partial charge in [0.2, 0.25) is 0 Å². The third kappa shape index (κ3) is 8.04. The highest BCUT2D eigenvalue weighted by Crippen LogP contribution is 2.39. The second-order valence-electron chi connectivity index (χ2n) is 22.0. The fraction of sp³-hybridized carbons (Fsp3) is 0.551. The van der Waals surface area contributed by atoms with Gasteiger partial charge in [-0.25, -0.2) is 0 Å². The van der Waals surface area contributed by atoms with Crippen molar-refractivity contribution < 1.29 is 0 Å². The molecule has 3 aromatic rings. The summed E-state index contributed by atoms with van der Waals surface area (Å²) in [4.78, 5) is 0. The molecule has 0 fully saturated rings. The number of rotatable bonds is 4. The quantitative estimate of drug-likeness (QED) is 0.189. The number of benzene rings is 3. The van der Waals surface area contributed by atoms with E-state index in [-0.39, 0.29) is 32.5 Å². The maximum Gasteiger partial charge on any atom is 0.176 e. The summed E-state index contributed by atoms with van der Waals surface area (Å²) in [6.07, 6.45) is 3.52. The minimum atomic E-state index is -2.93. The summed E-state index contributed by atoms with van der Waals surface area (Å²) in [5.74, 6) is 0. The van der Waals surface area contributed by atoms with E-state index in [4.69, 9.17) is 0 Å². The Morgan fingerprint density at radius 2 is 0.580 bits per heavy atom. The minimum Gasteiger partial charge on any atom is -0.0694 e. The van der Waals surface area contributed by atoms with E-state index < -0.39 is 8.07 Å². The Balaban J connectivity index is 2.46. The Morgan fingerprint density at radius 3 is 0.740 bits per heavy atom. The van der Waals surface area contributed by atoms with Crippen molar-refractivity contribution in [3.63, 3.8) is 0 Å². The van der Waals surface area contributed by atoms with Crippen LogP contribution < -0.4 is 15.6 Å². The van der Waals surface area contributed by atoms with Gasteiger partial charge in [-0.1, -0.05) is 202 Å². The van der Waals surface area contributed by atoms with Gasteiger partial charge in [0.05, 0.1) is 0 Å². The molecule has 0 radical (unpaired) electrons. The molecular formula is C49H72Si. The lowest BCUT2D eigenvalue weighted by Crippen LogP contribution is -2.69. The molecule has 1 aliphatic rings. The van der Waals surface area contributed by atoms with Crippen LogP contribution in [0, 0.1) is 0 Å². The Labute approximate surface area is 310 Å². The molecule has 0 N–H and O–H groups in total. The first kappa shape index (κ1) is 40.1. The van der Waals surface area contributed by atoms with E-state index in [2.05, 4.69) is 199 Å². The van der Waals surface area contributed by atoms with Crippen LogP contribution in [0.25, 0.3) is 0 Å². The summed E-state index contributed by atoms with van der Waals surface area (Å²) in [6, 6.07) is 23.4. The molecule has 0 aromatic heterocycles. The zero-order chi connectivity index (χ0) is 38.2. The van der Waals surface area contributed by atoms with Crippen LogP contribution in [0.1, 0.15) is 178 Å². The summed E-state index contributed by atoms with van der Waals surface area (Å²) in [7, 11) is -2.93. The highest BCUT2D eigenvalue weighted by Gasteiger charge is 2.47. The molecule has 1 heteroatoms. The molecule has 0 aliphatic heterocycles. The molecule has 0 unspecified atom stereocenters. The average Bonchev–Trinajstić information content (AvgIpc) is 3.27. The van der Waals surface area contributed by atoms with Gasteiger partial charge in [0, 0.05) is 0 Å². The Bertz CT molecular complexity index is 1530. The van der Waals surface area contributed by atoms with Crippen molar-refractivity contribution in [1.82, 2.24) is 0 Å². The largest absolute Gasteiger partial charge is 0.176 e. The van der Waals surface area contributed by atoms with Crippen LogP contribution in [0.5, 0.6) is 0 Å². The van der Waals surface area contributed by atoms with E-state index in [0.29, 0.717) is 0 Å². The molecular weight excluding hydrogens is 617 g/mol. The normalized spacial score (nSPS) is 15.6. The molecule has 0 saturated heterocycles. The topological polar surface area (TPSA) is 0 Å². The fourth-order valence-electron chi connectivity index (χ4n) is 7.51. The van der Waals surface area contributed by atoms with Crippen LogP contribution in [-0.2, 0) is 32.5 Å². The molecule has 4 rings (SSSR count). The van der Waals surface area contributed by atoms with E-state index in [0.717, 1.165) is 6.42 Å². The van der Waals surface area contributed by atoms with Gasteiger partial charge >= 0.3 is 0 Å². The maximum atomic E-state index is 2.65. The lowest BCUT2D eigenvalue weighted by atomic mass is 9.80.